The molecule has 0 bridgehead atoms. The molecular formula is C12H10ClN3O2. The van der Waals surface area contributed by atoms with Crippen molar-refractivity contribution in [2.75, 3.05) is 5.73 Å². The minimum Gasteiger partial charge on any atom is -0.454 e. The molecule has 92 valence electrons. The Morgan fingerprint density at radius 3 is 2.78 bits per heavy atom. The van der Waals surface area contributed by atoms with Crippen LogP contribution >= 0.6 is 11.6 Å². The van der Waals surface area contributed by atoms with Gasteiger partial charge in [0.1, 0.15) is 0 Å². The molecule has 2 aromatic rings. The molecule has 0 atom stereocenters. The number of nitrogen functional groups attached to an aromatic ring is 1. The molecule has 2 rings (SSSR count). The first-order valence-electron chi connectivity index (χ1n) is 5.15. The second-order valence-corrected chi connectivity index (χ2v) is 3.91. The van der Waals surface area contributed by atoms with Crippen LogP contribution in [-0.4, -0.2) is 15.9 Å². The highest BCUT2D eigenvalue weighted by Crippen LogP contribution is 2.18. The first-order chi connectivity index (χ1) is 8.66. The van der Waals surface area contributed by atoms with Crippen LogP contribution in [0.2, 0.25) is 5.02 Å². The van der Waals surface area contributed by atoms with Crippen LogP contribution in [0.4, 0.5) is 5.69 Å². The highest BCUT2D eigenvalue weighted by Gasteiger charge is 2.12. The van der Waals surface area contributed by atoms with Crippen molar-refractivity contribution < 1.29 is 9.53 Å². The highest BCUT2D eigenvalue weighted by molar-refractivity contribution is 6.31. The molecule has 0 amide bonds. The Morgan fingerprint density at radius 1 is 1.33 bits per heavy atom. The average molecular weight is 264 g/mol. The first-order valence-corrected chi connectivity index (χ1v) is 5.52. The van der Waals surface area contributed by atoms with Gasteiger partial charge in [-0.15, -0.1) is 0 Å². The van der Waals surface area contributed by atoms with Crippen molar-refractivity contribution in [3.8, 4) is 0 Å². The minimum atomic E-state index is -0.553. The van der Waals surface area contributed by atoms with Crippen LogP contribution in [0.3, 0.4) is 0 Å². The van der Waals surface area contributed by atoms with Gasteiger partial charge in [0.25, 0.3) is 0 Å². The van der Waals surface area contributed by atoms with Crippen LogP contribution in [-0.2, 0) is 11.3 Å². The molecule has 0 aliphatic carbocycles. The monoisotopic (exact) mass is 263 g/mol. The minimum absolute atomic E-state index is 0.00831. The van der Waals surface area contributed by atoms with E-state index in [1.165, 1.54) is 6.07 Å². The number of hydrogen-bond donors (Lipinski definition) is 1. The van der Waals surface area contributed by atoms with E-state index in [1.54, 1.807) is 30.6 Å². The molecule has 5 nitrogen and oxygen atoms in total. The van der Waals surface area contributed by atoms with E-state index in [4.69, 9.17) is 22.1 Å². The smallest absolute Gasteiger partial charge is 0.340 e. The molecular weight excluding hydrogens is 254 g/mol. The number of carbonyl (C=O) groups is 1. The Balaban J connectivity index is 2.06. The van der Waals surface area contributed by atoms with E-state index in [0.717, 1.165) is 0 Å². The van der Waals surface area contributed by atoms with Crippen molar-refractivity contribution in [3.63, 3.8) is 0 Å². The zero-order valence-electron chi connectivity index (χ0n) is 9.34. The number of nitrogens with two attached hydrogens (primary N) is 1. The van der Waals surface area contributed by atoms with Gasteiger partial charge >= 0.3 is 5.97 Å². The molecule has 0 saturated heterocycles. The van der Waals surface area contributed by atoms with Gasteiger partial charge in [0, 0.05) is 23.1 Å². The fraction of sp³-hybridized carbons (Fsp3) is 0.0833. The molecule has 0 aliphatic rings. The Morgan fingerprint density at radius 2 is 2.06 bits per heavy atom. The van der Waals surface area contributed by atoms with Crippen LogP contribution < -0.4 is 5.73 Å². The molecule has 1 aromatic heterocycles. The Hall–Kier alpha value is -2.14. The summed E-state index contributed by atoms with van der Waals surface area (Å²) in [4.78, 5) is 19.7. The molecule has 0 spiro atoms. The number of aromatic nitrogens is 2. The van der Waals surface area contributed by atoms with Gasteiger partial charge in [-0.05, 0) is 24.3 Å². The maximum Gasteiger partial charge on any atom is 0.340 e. The molecule has 1 aromatic carbocycles. The summed E-state index contributed by atoms with van der Waals surface area (Å²) >= 11 is 5.79. The summed E-state index contributed by atoms with van der Waals surface area (Å²) in [6.45, 7) is -0.00831. The molecule has 1 heterocycles. The van der Waals surface area contributed by atoms with E-state index >= 15 is 0 Å². The van der Waals surface area contributed by atoms with Gasteiger partial charge in [-0.2, -0.15) is 0 Å². The van der Waals surface area contributed by atoms with Crippen molar-refractivity contribution >= 4 is 23.3 Å². The number of rotatable bonds is 3. The predicted molar refractivity (Wildman–Crippen MR) is 67.0 cm³/mol. The van der Waals surface area contributed by atoms with Crippen molar-refractivity contribution in [1.29, 1.82) is 0 Å². The number of anilines is 1. The van der Waals surface area contributed by atoms with Gasteiger partial charge in [-0.25, -0.2) is 14.8 Å². The molecule has 2 N–H and O–H groups in total. The summed E-state index contributed by atoms with van der Waals surface area (Å²) in [7, 11) is 0. The van der Waals surface area contributed by atoms with E-state index in [0.29, 0.717) is 16.5 Å². The quantitative estimate of drug-likeness (QED) is 0.677. The summed E-state index contributed by atoms with van der Waals surface area (Å²) in [6.07, 6.45) is 3.15. The largest absolute Gasteiger partial charge is 0.454 e. The summed E-state index contributed by atoms with van der Waals surface area (Å²) in [5.74, 6) is -0.131. The molecule has 18 heavy (non-hydrogen) atoms. The lowest BCUT2D eigenvalue weighted by molar-refractivity contribution is 0.0463. The second-order valence-electron chi connectivity index (χ2n) is 3.47. The van der Waals surface area contributed by atoms with E-state index in [2.05, 4.69) is 9.97 Å². The van der Waals surface area contributed by atoms with Gasteiger partial charge in [-0.1, -0.05) is 11.6 Å². The lowest BCUT2D eigenvalue weighted by Gasteiger charge is -2.06. The van der Waals surface area contributed by atoms with Crippen LogP contribution in [0.15, 0.2) is 36.7 Å². The third-order valence-corrected chi connectivity index (χ3v) is 2.42. The van der Waals surface area contributed by atoms with Crippen LogP contribution in [0.25, 0.3) is 0 Å². The maximum absolute atomic E-state index is 11.8. The van der Waals surface area contributed by atoms with E-state index in [-0.39, 0.29) is 12.2 Å². The summed E-state index contributed by atoms with van der Waals surface area (Å²) in [5, 5.41) is 0.423. The lowest BCUT2D eigenvalue weighted by Crippen LogP contribution is -2.09. The number of benzene rings is 1. The number of ether oxygens (including phenoxy) is 1. The molecule has 0 aliphatic heterocycles. The standard InChI is InChI=1S/C12H10ClN3O2/c13-8-2-3-10(14)9(6-8)12(17)18-7-11-15-4-1-5-16-11/h1-6H,7,14H2. The van der Waals surface area contributed by atoms with Crippen LogP contribution in [0, 0.1) is 0 Å². The Kier molecular flexibility index (Phi) is 3.74. The third-order valence-electron chi connectivity index (χ3n) is 2.19. The molecule has 0 unspecified atom stereocenters. The third kappa shape index (κ3) is 2.95. The Labute approximate surface area is 109 Å². The summed E-state index contributed by atoms with van der Waals surface area (Å²) in [6, 6.07) is 6.30. The fourth-order valence-electron chi connectivity index (χ4n) is 1.32. The maximum atomic E-state index is 11.8. The van der Waals surface area contributed by atoms with Crippen molar-refractivity contribution in [2.45, 2.75) is 6.61 Å². The normalized spacial score (nSPS) is 10.1. The molecule has 0 radical (unpaired) electrons. The van der Waals surface area contributed by atoms with Crippen molar-refractivity contribution in [1.82, 2.24) is 9.97 Å². The number of esters is 1. The zero-order valence-corrected chi connectivity index (χ0v) is 10.1. The number of halogens is 1. The SMILES string of the molecule is Nc1ccc(Cl)cc1C(=O)OCc1ncccn1. The van der Waals surface area contributed by atoms with Crippen LogP contribution in [0.5, 0.6) is 0 Å². The van der Waals surface area contributed by atoms with Gasteiger partial charge < -0.3 is 10.5 Å². The number of nitrogens with zero attached hydrogens (tertiary/aromatic N) is 2. The van der Waals surface area contributed by atoms with Gasteiger partial charge in [0.15, 0.2) is 12.4 Å². The van der Waals surface area contributed by atoms with E-state index in [1.807, 2.05) is 0 Å². The highest BCUT2D eigenvalue weighted by atomic mass is 35.5. The Bertz CT molecular complexity index is 561. The average Bonchev–Trinajstić information content (AvgIpc) is 2.40. The zero-order chi connectivity index (χ0) is 13.0. The van der Waals surface area contributed by atoms with Crippen molar-refractivity contribution in [2.24, 2.45) is 0 Å². The number of carbonyl (C=O) groups excluding carboxylic acids is 1. The number of hydrogen-bond acceptors (Lipinski definition) is 5. The van der Waals surface area contributed by atoms with E-state index in [9.17, 15) is 4.79 Å². The first kappa shape index (κ1) is 12.3. The van der Waals surface area contributed by atoms with Crippen molar-refractivity contribution in [3.05, 3.63) is 53.1 Å². The van der Waals surface area contributed by atoms with Gasteiger partial charge in [0.05, 0.1) is 5.56 Å². The van der Waals surface area contributed by atoms with E-state index < -0.39 is 5.97 Å². The van der Waals surface area contributed by atoms with Gasteiger partial charge in [0.2, 0.25) is 0 Å². The van der Waals surface area contributed by atoms with Gasteiger partial charge in [-0.3, -0.25) is 0 Å². The summed E-state index contributed by atoms with van der Waals surface area (Å²) in [5.41, 5.74) is 6.22. The lowest BCUT2D eigenvalue weighted by atomic mass is 10.2. The molecule has 6 heteroatoms. The second kappa shape index (κ2) is 5.46. The topological polar surface area (TPSA) is 78.1 Å². The fourth-order valence-corrected chi connectivity index (χ4v) is 1.49. The molecule has 0 fully saturated rings. The predicted octanol–water partition coefficient (Wildman–Crippen LogP) is 2.07. The summed E-state index contributed by atoms with van der Waals surface area (Å²) < 4.78 is 5.05. The van der Waals surface area contributed by atoms with Crippen LogP contribution in [0.1, 0.15) is 16.2 Å². The molecule has 0 saturated carbocycles.